The Kier molecular flexibility index (Phi) is 2.66. The van der Waals surface area contributed by atoms with Crippen molar-refractivity contribution in [2.45, 2.75) is 39.0 Å². The summed E-state index contributed by atoms with van der Waals surface area (Å²) in [4.78, 5) is 4.19. The molecule has 0 fully saturated rings. The molecular weight excluding hydrogens is 166 g/mol. The zero-order chi connectivity index (χ0) is 9.90. The van der Waals surface area contributed by atoms with Crippen LogP contribution in [0.4, 0.5) is 0 Å². The Bertz CT molecular complexity index is 316. The quantitative estimate of drug-likeness (QED) is 0.694. The van der Waals surface area contributed by atoms with E-state index >= 15 is 0 Å². The fraction of sp³-hybridized carbons (Fsp3) is 0.667. The number of aromatic nitrogens is 2. The third-order valence-corrected chi connectivity index (χ3v) is 1.59. The van der Waals surface area contributed by atoms with Crippen molar-refractivity contribution >= 4 is 0 Å². The second kappa shape index (κ2) is 3.56. The molecular formula is C9H13N3O. The van der Waals surface area contributed by atoms with E-state index in [1.165, 1.54) is 0 Å². The molecule has 0 N–H and O–H groups in total. The first-order chi connectivity index (χ1) is 6.04. The molecule has 4 heteroatoms. The molecule has 0 aliphatic carbocycles. The van der Waals surface area contributed by atoms with E-state index in [4.69, 9.17) is 9.78 Å². The van der Waals surface area contributed by atoms with Gasteiger partial charge in [-0.1, -0.05) is 25.9 Å². The number of hydrogen-bond acceptors (Lipinski definition) is 4. The minimum atomic E-state index is -0.0889. The summed E-state index contributed by atoms with van der Waals surface area (Å²) in [6, 6.07) is 2.04. The number of nitriles is 1. The maximum Gasteiger partial charge on any atom is 0.227 e. The van der Waals surface area contributed by atoms with Crippen LogP contribution in [-0.4, -0.2) is 10.1 Å². The maximum absolute atomic E-state index is 8.35. The molecule has 0 amide bonds. The Morgan fingerprint density at radius 1 is 1.46 bits per heavy atom. The van der Waals surface area contributed by atoms with Crippen molar-refractivity contribution in [2.75, 3.05) is 0 Å². The predicted octanol–water partition coefficient (Wildman–Crippen LogP) is 1.82. The third-order valence-electron chi connectivity index (χ3n) is 1.59. The summed E-state index contributed by atoms with van der Waals surface area (Å²) in [7, 11) is 0. The minimum absolute atomic E-state index is 0.0889. The topological polar surface area (TPSA) is 62.7 Å². The summed E-state index contributed by atoms with van der Waals surface area (Å²) >= 11 is 0. The van der Waals surface area contributed by atoms with E-state index in [9.17, 15) is 0 Å². The number of nitrogens with zero attached hydrogens (tertiary/aromatic N) is 3. The molecule has 4 nitrogen and oxygen atoms in total. The van der Waals surface area contributed by atoms with E-state index < -0.39 is 0 Å². The van der Waals surface area contributed by atoms with Crippen LogP contribution in [0.2, 0.25) is 0 Å². The van der Waals surface area contributed by atoms with Crippen LogP contribution in [0.15, 0.2) is 4.52 Å². The summed E-state index contributed by atoms with van der Waals surface area (Å²) < 4.78 is 4.98. The highest BCUT2D eigenvalue weighted by Crippen LogP contribution is 2.18. The molecule has 1 aromatic rings. The Morgan fingerprint density at radius 2 is 2.15 bits per heavy atom. The van der Waals surface area contributed by atoms with Crippen molar-refractivity contribution < 1.29 is 4.52 Å². The normalized spacial score (nSPS) is 11.2. The fourth-order valence-corrected chi connectivity index (χ4v) is 0.824. The molecule has 0 aliphatic rings. The van der Waals surface area contributed by atoms with Crippen molar-refractivity contribution in [3.63, 3.8) is 0 Å². The summed E-state index contributed by atoms with van der Waals surface area (Å²) in [6.45, 7) is 6.06. The Morgan fingerprint density at radius 3 is 2.62 bits per heavy atom. The Labute approximate surface area is 77.6 Å². The van der Waals surface area contributed by atoms with Gasteiger partial charge in [0, 0.05) is 18.3 Å². The van der Waals surface area contributed by atoms with Gasteiger partial charge in [-0.2, -0.15) is 10.2 Å². The molecule has 0 unspecified atom stereocenters. The highest BCUT2D eigenvalue weighted by Gasteiger charge is 2.20. The van der Waals surface area contributed by atoms with Crippen LogP contribution in [0.5, 0.6) is 0 Å². The average molecular weight is 179 g/mol. The molecule has 1 heterocycles. The van der Waals surface area contributed by atoms with Gasteiger partial charge in [-0.05, 0) is 0 Å². The van der Waals surface area contributed by atoms with Crippen molar-refractivity contribution in [3.8, 4) is 6.07 Å². The van der Waals surface area contributed by atoms with Gasteiger partial charge in [-0.15, -0.1) is 0 Å². The van der Waals surface area contributed by atoms with Gasteiger partial charge in [-0.3, -0.25) is 0 Å². The Balaban J connectivity index is 2.71. The van der Waals surface area contributed by atoms with E-state index in [1.807, 2.05) is 26.8 Å². The number of aryl methyl sites for hydroxylation is 1. The van der Waals surface area contributed by atoms with Gasteiger partial charge in [0.1, 0.15) is 0 Å². The predicted molar refractivity (Wildman–Crippen MR) is 46.9 cm³/mol. The van der Waals surface area contributed by atoms with Crippen LogP contribution in [-0.2, 0) is 11.8 Å². The van der Waals surface area contributed by atoms with E-state index in [1.54, 1.807) is 0 Å². The molecule has 0 radical (unpaired) electrons. The van der Waals surface area contributed by atoms with Gasteiger partial charge in [0.15, 0.2) is 5.82 Å². The van der Waals surface area contributed by atoms with E-state index in [-0.39, 0.29) is 5.41 Å². The second-order valence-electron chi connectivity index (χ2n) is 3.92. The van der Waals surface area contributed by atoms with Crippen molar-refractivity contribution in [2.24, 2.45) is 0 Å². The third kappa shape index (κ3) is 2.55. The van der Waals surface area contributed by atoms with Gasteiger partial charge < -0.3 is 4.52 Å². The first kappa shape index (κ1) is 9.72. The van der Waals surface area contributed by atoms with Crippen LogP contribution < -0.4 is 0 Å². The van der Waals surface area contributed by atoms with Crippen molar-refractivity contribution in [1.29, 1.82) is 5.26 Å². The lowest BCUT2D eigenvalue weighted by atomic mass is 9.96. The van der Waals surface area contributed by atoms with Crippen molar-refractivity contribution in [3.05, 3.63) is 11.7 Å². The monoisotopic (exact) mass is 179 g/mol. The molecule has 0 aromatic carbocycles. The molecule has 0 aliphatic heterocycles. The number of hydrogen-bond donors (Lipinski definition) is 0. The standard InChI is InChI=1S/C9H13N3O/c1-9(2,3)8-11-7(13-12-8)5-4-6-10/h4-5H2,1-3H3. The zero-order valence-corrected chi connectivity index (χ0v) is 8.16. The zero-order valence-electron chi connectivity index (χ0n) is 8.16. The van der Waals surface area contributed by atoms with Crippen LogP contribution in [0.1, 0.15) is 38.9 Å². The highest BCUT2D eigenvalue weighted by atomic mass is 16.5. The van der Waals surface area contributed by atoms with Gasteiger partial charge in [0.25, 0.3) is 0 Å². The Hall–Kier alpha value is -1.37. The lowest BCUT2D eigenvalue weighted by molar-refractivity contribution is 0.364. The molecule has 0 saturated carbocycles. The molecule has 0 bridgehead atoms. The van der Waals surface area contributed by atoms with E-state index in [2.05, 4.69) is 10.1 Å². The lowest BCUT2D eigenvalue weighted by Gasteiger charge is -2.10. The molecule has 1 aromatic heterocycles. The van der Waals surface area contributed by atoms with Gasteiger partial charge in [-0.25, -0.2) is 0 Å². The summed E-state index contributed by atoms with van der Waals surface area (Å²) in [5.41, 5.74) is -0.0889. The molecule has 1 rings (SSSR count). The van der Waals surface area contributed by atoms with E-state index in [0.717, 1.165) is 0 Å². The van der Waals surface area contributed by atoms with Gasteiger partial charge >= 0.3 is 0 Å². The number of rotatable bonds is 2. The second-order valence-corrected chi connectivity index (χ2v) is 3.92. The molecule has 13 heavy (non-hydrogen) atoms. The smallest absolute Gasteiger partial charge is 0.227 e. The summed E-state index contributed by atoms with van der Waals surface area (Å²) in [5.74, 6) is 1.24. The molecule has 0 saturated heterocycles. The van der Waals surface area contributed by atoms with Crippen LogP contribution >= 0.6 is 0 Å². The maximum atomic E-state index is 8.35. The highest BCUT2D eigenvalue weighted by molar-refractivity contribution is 5.00. The van der Waals surface area contributed by atoms with Gasteiger partial charge in [0.05, 0.1) is 6.07 Å². The summed E-state index contributed by atoms with van der Waals surface area (Å²) in [6.07, 6.45) is 0.964. The van der Waals surface area contributed by atoms with Gasteiger partial charge in [0.2, 0.25) is 5.89 Å². The molecule has 0 spiro atoms. The fourth-order valence-electron chi connectivity index (χ4n) is 0.824. The van der Waals surface area contributed by atoms with Crippen LogP contribution in [0.3, 0.4) is 0 Å². The van der Waals surface area contributed by atoms with Crippen LogP contribution in [0.25, 0.3) is 0 Å². The molecule has 70 valence electrons. The van der Waals surface area contributed by atoms with Crippen molar-refractivity contribution in [1.82, 2.24) is 10.1 Å². The van der Waals surface area contributed by atoms with Crippen LogP contribution in [0, 0.1) is 11.3 Å². The lowest BCUT2D eigenvalue weighted by Crippen LogP contribution is -2.13. The first-order valence-electron chi connectivity index (χ1n) is 4.24. The average Bonchev–Trinajstić information content (AvgIpc) is 2.47. The van der Waals surface area contributed by atoms with E-state index in [0.29, 0.717) is 24.6 Å². The largest absolute Gasteiger partial charge is 0.339 e. The first-order valence-corrected chi connectivity index (χ1v) is 4.24. The SMILES string of the molecule is CC(C)(C)c1noc(CCC#N)n1. The summed E-state index contributed by atoms with van der Waals surface area (Å²) in [5, 5.41) is 12.2. The molecule has 0 atom stereocenters. The minimum Gasteiger partial charge on any atom is -0.339 e.